The van der Waals surface area contributed by atoms with Crippen LogP contribution in [0.15, 0.2) is 12.1 Å². The first-order chi connectivity index (χ1) is 8.70. The van der Waals surface area contributed by atoms with Crippen LogP contribution in [-0.2, 0) is 11.2 Å². The van der Waals surface area contributed by atoms with Crippen LogP contribution < -0.4 is 5.32 Å². The number of hydrogen-bond acceptors (Lipinski definition) is 3. The predicted molar refractivity (Wildman–Crippen MR) is 78.6 cm³/mol. The average Bonchev–Trinajstić information content (AvgIpc) is 2.93. The van der Waals surface area contributed by atoms with Crippen LogP contribution in [0.25, 0.3) is 0 Å². The van der Waals surface area contributed by atoms with E-state index in [2.05, 4.69) is 25.2 Å². The Morgan fingerprint density at radius 3 is 2.94 bits per heavy atom. The Morgan fingerprint density at radius 1 is 1.56 bits per heavy atom. The third-order valence-electron chi connectivity index (χ3n) is 3.55. The van der Waals surface area contributed by atoms with Gasteiger partial charge in [-0.1, -0.05) is 25.4 Å². The highest BCUT2D eigenvalue weighted by Crippen LogP contribution is 2.28. The van der Waals surface area contributed by atoms with Gasteiger partial charge in [-0.3, -0.25) is 0 Å². The minimum Gasteiger partial charge on any atom is -0.376 e. The van der Waals surface area contributed by atoms with Gasteiger partial charge in [-0.2, -0.15) is 0 Å². The standard InChI is InChI=1S/C14H22ClNOS/c1-3-7-16-12(14-10(2)6-8-17-14)9-11-4-5-13(15)18-11/h4-5,10,12,14,16H,3,6-9H2,1-2H3. The van der Waals surface area contributed by atoms with E-state index in [4.69, 9.17) is 16.3 Å². The molecule has 1 aromatic rings. The van der Waals surface area contributed by atoms with Gasteiger partial charge in [0, 0.05) is 17.5 Å². The number of hydrogen-bond donors (Lipinski definition) is 1. The lowest BCUT2D eigenvalue weighted by Gasteiger charge is -2.27. The fraction of sp³-hybridized carbons (Fsp3) is 0.714. The largest absolute Gasteiger partial charge is 0.376 e. The lowest BCUT2D eigenvalue weighted by molar-refractivity contribution is 0.0612. The van der Waals surface area contributed by atoms with Gasteiger partial charge in [0.25, 0.3) is 0 Å². The van der Waals surface area contributed by atoms with Crippen LogP contribution in [-0.4, -0.2) is 25.3 Å². The zero-order valence-electron chi connectivity index (χ0n) is 11.1. The maximum absolute atomic E-state index is 6.00. The Morgan fingerprint density at radius 2 is 2.39 bits per heavy atom. The number of nitrogens with one attached hydrogen (secondary N) is 1. The molecule has 0 bridgehead atoms. The number of halogens is 1. The van der Waals surface area contributed by atoms with Gasteiger partial charge in [-0.15, -0.1) is 11.3 Å². The van der Waals surface area contributed by atoms with Crippen molar-refractivity contribution in [1.82, 2.24) is 5.32 Å². The molecule has 0 aliphatic carbocycles. The molecule has 102 valence electrons. The molecule has 2 nitrogen and oxygen atoms in total. The molecule has 1 N–H and O–H groups in total. The van der Waals surface area contributed by atoms with Gasteiger partial charge in [0.2, 0.25) is 0 Å². The monoisotopic (exact) mass is 287 g/mol. The molecule has 2 rings (SSSR count). The first-order valence-corrected chi connectivity index (χ1v) is 7.99. The first kappa shape index (κ1) is 14.3. The summed E-state index contributed by atoms with van der Waals surface area (Å²) in [6.07, 6.45) is 3.70. The Balaban J connectivity index is 2.00. The highest BCUT2D eigenvalue weighted by molar-refractivity contribution is 7.16. The van der Waals surface area contributed by atoms with E-state index in [9.17, 15) is 0 Å². The Labute approximate surface area is 119 Å². The maximum atomic E-state index is 6.00. The minimum atomic E-state index is 0.345. The number of rotatable bonds is 6. The van der Waals surface area contributed by atoms with Crippen molar-refractivity contribution in [2.24, 2.45) is 5.92 Å². The molecular formula is C14H22ClNOS. The van der Waals surface area contributed by atoms with Crippen LogP contribution >= 0.6 is 22.9 Å². The second-order valence-electron chi connectivity index (χ2n) is 5.07. The summed E-state index contributed by atoms with van der Waals surface area (Å²) in [6.45, 7) is 6.45. The fourth-order valence-electron chi connectivity index (χ4n) is 2.54. The van der Waals surface area contributed by atoms with Crippen molar-refractivity contribution in [3.8, 4) is 0 Å². The van der Waals surface area contributed by atoms with Crippen LogP contribution in [0.3, 0.4) is 0 Å². The lowest BCUT2D eigenvalue weighted by atomic mass is 9.95. The van der Waals surface area contributed by atoms with E-state index < -0.39 is 0 Å². The Hall–Kier alpha value is -0.0900. The number of thiophene rings is 1. The molecule has 0 amide bonds. The van der Waals surface area contributed by atoms with Gasteiger partial charge < -0.3 is 10.1 Å². The molecule has 1 aliphatic rings. The second-order valence-corrected chi connectivity index (χ2v) is 6.87. The van der Waals surface area contributed by atoms with Gasteiger partial charge in [0.15, 0.2) is 0 Å². The van der Waals surface area contributed by atoms with Crippen molar-refractivity contribution in [3.63, 3.8) is 0 Å². The summed E-state index contributed by atoms with van der Waals surface area (Å²) in [6, 6.07) is 4.53. The summed E-state index contributed by atoms with van der Waals surface area (Å²) in [4.78, 5) is 1.34. The van der Waals surface area contributed by atoms with E-state index in [1.807, 2.05) is 6.07 Å². The second kappa shape index (κ2) is 6.90. The summed E-state index contributed by atoms with van der Waals surface area (Å²) < 4.78 is 6.79. The van der Waals surface area contributed by atoms with Gasteiger partial charge in [-0.05, 0) is 43.9 Å². The van der Waals surface area contributed by atoms with E-state index in [-0.39, 0.29) is 0 Å². The van der Waals surface area contributed by atoms with Gasteiger partial charge >= 0.3 is 0 Å². The predicted octanol–water partition coefficient (Wildman–Crippen LogP) is 3.74. The van der Waals surface area contributed by atoms with Crippen molar-refractivity contribution in [3.05, 3.63) is 21.3 Å². The molecule has 1 fully saturated rings. The van der Waals surface area contributed by atoms with Crippen molar-refractivity contribution in [2.45, 2.75) is 45.3 Å². The SMILES string of the molecule is CCCNC(Cc1ccc(Cl)s1)C1OCCC1C. The molecule has 0 radical (unpaired) electrons. The molecule has 0 aromatic carbocycles. The van der Waals surface area contributed by atoms with Crippen LogP contribution in [0, 0.1) is 5.92 Å². The van der Waals surface area contributed by atoms with Crippen molar-refractivity contribution >= 4 is 22.9 Å². The van der Waals surface area contributed by atoms with Crippen LogP contribution in [0.5, 0.6) is 0 Å². The molecule has 0 saturated carbocycles. The van der Waals surface area contributed by atoms with E-state index in [1.54, 1.807) is 11.3 Å². The molecular weight excluding hydrogens is 266 g/mol. The normalized spacial score (nSPS) is 25.5. The topological polar surface area (TPSA) is 21.3 Å². The van der Waals surface area contributed by atoms with Gasteiger partial charge in [0.05, 0.1) is 10.4 Å². The van der Waals surface area contributed by atoms with Crippen molar-refractivity contribution < 1.29 is 4.74 Å². The van der Waals surface area contributed by atoms with Crippen LogP contribution in [0.4, 0.5) is 0 Å². The summed E-state index contributed by atoms with van der Waals surface area (Å²) in [5.74, 6) is 0.648. The Kier molecular flexibility index (Phi) is 5.49. The van der Waals surface area contributed by atoms with Crippen molar-refractivity contribution in [1.29, 1.82) is 0 Å². The van der Waals surface area contributed by atoms with Gasteiger partial charge in [0.1, 0.15) is 0 Å². The molecule has 3 unspecified atom stereocenters. The quantitative estimate of drug-likeness (QED) is 0.861. The van der Waals surface area contributed by atoms with E-state index in [0.717, 1.165) is 30.3 Å². The fourth-order valence-corrected chi connectivity index (χ4v) is 3.69. The molecule has 3 atom stereocenters. The smallest absolute Gasteiger partial charge is 0.0931 e. The summed E-state index contributed by atoms with van der Waals surface area (Å²) in [5.41, 5.74) is 0. The molecule has 1 saturated heterocycles. The van der Waals surface area contributed by atoms with E-state index >= 15 is 0 Å². The lowest BCUT2D eigenvalue weighted by Crippen LogP contribution is -2.44. The molecule has 18 heavy (non-hydrogen) atoms. The van der Waals surface area contributed by atoms with Crippen LogP contribution in [0.2, 0.25) is 4.34 Å². The zero-order chi connectivity index (χ0) is 13.0. The van der Waals surface area contributed by atoms with Gasteiger partial charge in [-0.25, -0.2) is 0 Å². The molecule has 2 heterocycles. The maximum Gasteiger partial charge on any atom is 0.0931 e. The number of ether oxygens (including phenoxy) is 1. The van der Waals surface area contributed by atoms with E-state index in [0.29, 0.717) is 18.1 Å². The highest BCUT2D eigenvalue weighted by atomic mass is 35.5. The molecule has 1 aromatic heterocycles. The molecule has 4 heteroatoms. The van der Waals surface area contributed by atoms with Crippen LogP contribution in [0.1, 0.15) is 31.6 Å². The summed E-state index contributed by atoms with van der Waals surface area (Å²) in [5, 5.41) is 3.64. The van der Waals surface area contributed by atoms with Crippen molar-refractivity contribution in [2.75, 3.05) is 13.2 Å². The zero-order valence-corrected chi connectivity index (χ0v) is 12.7. The Bertz CT molecular complexity index is 368. The summed E-state index contributed by atoms with van der Waals surface area (Å²) in [7, 11) is 0. The first-order valence-electron chi connectivity index (χ1n) is 6.80. The van der Waals surface area contributed by atoms with E-state index in [1.165, 1.54) is 11.3 Å². The summed E-state index contributed by atoms with van der Waals surface area (Å²) >= 11 is 7.68. The highest BCUT2D eigenvalue weighted by Gasteiger charge is 2.31. The third kappa shape index (κ3) is 3.70. The molecule has 0 spiro atoms. The molecule has 1 aliphatic heterocycles. The minimum absolute atomic E-state index is 0.345. The average molecular weight is 288 g/mol. The third-order valence-corrected chi connectivity index (χ3v) is 4.80.